The van der Waals surface area contributed by atoms with Gasteiger partial charge in [0.2, 0.25) is 7.37 Å². The SMILES string of the molecule is CC(C)(C)C(=O)OCn1ccc2c(-c3cn[nH]c3)cnnc21.CC(C)(C)C(=O)OCn1ccc2c(-c3cnn(C(CC#N)C4CC4)c3)cnnc21.CCOP(C)(=O)CC#N.N#C/C=C/C1CC1.N#C/C=C/C1CC1.N#CCC(C1CC1)n1cc(-c2cnnc3[nH]ccc23)cn1.O=CC1CC1. The summed E-state index contributed by atoms with van der Waals surface area (Å²) >= 11 is 0. The van der Waals surface area contributed by atoms with Crippen LogP contribution in [0.15, 0.2) is 117 Å². The van der Waals surface area contributed by atoms with E-state index < -0.39 is 18.2 Å². The van der Waals surface area contributed by atoms with Crippen LogP contribution in [0.5, 0.6) is 0 Å². The number of hydrogen-bond donors (Lipinski definition) is 2. The molecule has 0 amide bonds. The molecule has 3 unspecified atom stereocenters. The number of nitrogens with one attached hydrogen (secondary N) is 2. The lowest BCUT2D eigenvalue weighted by molar-refractivity contribution is -0.157. The van der Waals surface area contributed by atoms with Crippen molar-refractivity contribution in [2.45, 2.75) is 151 Å². The van der Waals surface area contributed by atoms with Gasteiger partial charge in [-0.3, -0.25) is 37.8 Å². The van der Waals surface area contributed by atoms with Gasteiger partial charge in [0.25, 0.3) is 0 Å². The highest BCUT2D eigenvalue weighted by molar-refractivity contribution is 7.58. The molecule has 5 saturated carbocycles. The lowest BCUT2D eigenvalue weighted by Gasteiger charge is -2.16. The molecular formula is C72H85N20O7P. The quantitative estimate of drug-likeness (QED) is 0.0328. The fourth-order valence-corrected chi connectivity index (χ4v) is 10.8. The molecule has 0 bridgehead atoms. The van der Waals surface area contributed by atoms with Crippen LogP contribution >= 0.6 is 7.37 Å². The van der Waals surface area contributed by atoms with E-state index >= 15 is 0 Å². The molecule has 0 saturated heterocycles. The van der Waals surface area contributed by atoms with E-state index in [0.717, 1.165) is 99.0 Å². The number of nitriles is 5. The van der Waals surface area contributed by atoms with E-state index in [0.29, 0.717) is 48.5 Å². The van der Waals surface area contributed by atoms with Gasteiger partial charge < -0.3 is 23.8 Å². The summed E-state index contributed by atoms with van der Waals surface area (Å²) in [6, 6.07) is 16.4. The Balaban J connectivity index is 0.000000161. The number of allylic oxidation sites excluding steroid dienone is 4. The molecule has 0 aliphatic heterocycles. The summed E-state index contributed by atoms with van der Waals surface area (Å²) in [5.74, 6) is 2.56. The Hall–Kier alpha value is -10.8. The lowest BCUT2D eigenvalue weighted by Crippen LogP contribution is -2.23. The van der Waals surface area contributed by atoms with Crippen LogP contribution in [-0.2, 0) is 46.4 Å². The maximum absolute atomic E-state index is 12.1. The molecule has 5 fully saturated rings. The smallest absolute Gasteiger partial charge is 0.312 e. The average molecular weight is 1370 g/mol. The van der Waals surface area contributed by atoms with E-state index in [2.05, 4.69) is 68.1 Å². The summed E-state index contributed by atoms with van der Waals surface area (Å²) in [6.45, 7) is 14.8. The molecule has 100 heavy (non-hydrogen) atoms. The average Bonchev–Trinajstić information content (AvgIpc) is 1.66. The van der Waals surface area contributed by atoms with E-state index in [1.165, 1.54) is 45.2 Å². The summed E-state index contributed by atoms with van der Waals surface area (Å²) in [5.41, 5.74) is 6.73. The predicted molar refractivity (Wildman–Crippen MR) is 373 cm³/mol. The number of fused-ring (bicyclic) bond motifs is 3. The monoisotopic (exact) mass is 1370 g/mol. The summed E-state index contributed by atoms with van der Waals surface area (Å²) in [7, 11) is -2.55. The molecule has 5 aliphatic rings. The summed E-state index contributed by atoms with van der Waals surface area (Å²) in [5, 5.41) is 85.5. The van der Waals surface area contributed by atoms with E-state index in [1.54, 1.807) is 71.5 Å². The van der Waals surface area contributed by atoms with E-state index in [9.17, 15) is 18.9 Å². The summed E-state index contributed by atoms with van der Waals surface area (Å²) < 4.78 is 33.9. The number of aromatic nitrogens is 15. The van der Waals surface area contributed by atoms with Gasteiger partial charge in [-0.1, -0.05) is 12.2 Å². The summed E-state index contributed by atoms with van der Waals surface area (Å²) in [4.78, 5) is 36.6. The van der Waals surface area contributed by atoms with Crippen LogP contribution in [0.25, 0.3) is 66.5 Å². The highest BCUT2D eigenvalue weighted by Crippen LogP contribution is 2.44. The van der Waals surface area contributed by atoms with Crippen molar-refractivity contribution < 1.29 is 32.9 Å². The Morgan fingerprint density at radius 2 is 1.08 bits per heavy atom. The molecule has 0 spiro atoms. The number of ether oxygens (including phenoxy) is 2. The van der Waals surface area contributed by atoms with Crippen LogP contribution in [0.4, 0.5) is 0 Å². The number of aromatic amines is 2. The first kappa shape index (κ1) is 75.0. The fraction of sp³-hybridized carbons (Fsp3) is 0.458. The molecule has 5 aliphatic carbocycles. The molecule has 9 aromatic rings. The van der Waals surface area contributed by atoms with Gasteiger partial charge in [-0.05, 0) is 155 Å². The molecule has 0 aromatic carbocycles. The Morgan fingerprint density at radius 1 is 0.620 bits per heavy atom. The van der Waals surface area contributed by atoms with Crippen molar-refractivity contribution in [1.82, 2.24) is 74.5 Å². The zero-order valence-electron chi connectivity index (χ0n) is 57.8. The topological polar surface area (TPSA) is 382 Å². The molecule has 27 nitrogen and oxygen atoms in total. The van der Waals surface area contributed by atoms with Crippen molar-refractivity contribution in [2.75, 3.05) is 19.4 Å². The van der Waals surface area contributed by atoms with E-state index in [4.69, 9.17) is 40.3 Å². The minimum absolute atomic E-state index is 0.0147. The van der Waals surface area contributed by atoms with Crippen LogP contribution in [0.1, 0.15) is 138 Å². The number of hydrogen-bond acceptors (Lipinski definition) is 21. The van der Waals surface area contributed by atoms with Gasteiger partial charge in [-0.25, -0.2) is 0 Å². The van der Waals surface area contributed by atoms with Gasteiger partial charge in [0.1, 0.15) is 12.4 Å². The zero-order valence-corrected chi connectivity index (χ0v) is 58.7. The van der Waals surface area contributed by atoms with Crippen molar-refractivity contribution >= 4 is 58.7 Å². The van der Waals surface area contributed by atoms with Gasteiger partial charge in [0, 0.05) is 111 Å². The van der Waals surface area contributed by atoms with E-state index in [-0.39, 0.29) is 43.6 Å². The number of carbonyl (C=O) groups is 3. The predicted octanol–water partition coefficient (Wildman–Crippen LogP) is 13.8. The second kappa shape index (κ2) is 35.6. The Morgan fingerprint density at radius 3 is 1.46 bits per heavy atom. The van der Waals surface area contributed by atoms with Crippen molar-refractivity contribution in [1.29, 1.82) is 26.3 Å². The van der Waals surface area contributed by atoms with Crippen LogP contribution in [0.2, 0.25) is 0 Å². The maximum atomic E-state index is 12.1. The second-order valence-corrected chi connectivity index (χ2v) is 29.6. The normalized spacial score (nSPS) is 15.7. The molecule has 9 aromatic heterocycles. The van der Waals surface area contributed by atoms with Gasteiger partial charge in [-0.2, -0.15) is 56.9 Å². The third kappa shape index (κ3) is 22.6. The first-order valence-electron chi connectivity index (χ1n) is 33.4. The number of aldehydes is 1. The first-order chi connectivity index (χ1) is 48.1. The number of esters is 2. The van der Waals surface area contributed by atoms with Crippen molar-refractivity contribution in [3.8, 4) is 63.7 Å². The molecule has 2 N–H and O–H groups in total. The molecule has 14 rings (SSSR count). The molecule has 28 heteroatoms. The molecule has 520 valence electrons. The van der Waals surface area contributed by atoms with Crippen LogP contribution in [0, 0.1) is 97.1 Å². The van der Waals surface area contributed by atoms with Crippen LogP contribution in [0.3, 0.4) is 0 Å². The maximum Gasteiger partial charge on any atom is 0.312 e. The lowest BCUT2D eigenvalue weighted by atomic mass is 9.97. The van der Waals surface area contributed by atoms with Gasteiger partial charge in [0.05, 0.1) is 110 Å². The highest BCUT2D eigenvalue weighted by atomic mass is 31.2. The number of carbonyl (C=O) groups excluding carboxylic acids is 3. The van der Waals surface area contributed by atoms with Gasteiger partial charge >= 0.3 is 11.9 Å². The van der Waals surface area contributed by atoms with Crippen molar-refractivity contribution in [2.24, 2.45) is 40.4 Å². The van der Waals surface area contributed by atoms with Crippen molar-refractivity contribution in [3.63, 3.8) is 0 Å². The number of H-pyrrole nitrogens is 2. The summed E-state index contributed by atoms with van der Waals surface area (Å²) in [6.07, 6.45) is 43.1. The molecule has 3 atom stereocenters. The minimum Gasteiger partial charge on any atom is -0.443 e. The Labute approximate surface area is 581 Å². The Kier molecular flexibility index (Phi) is 26.7. The van der Waals surface area contributed by atoms with Crippen molar-refractivity contribution in [3.05, 3.63) is 117 Å². The zero-order chi connectivity index (χ0) is 71.8. The standard InChI is InChI=1S/C21H24N6O2.C15H14N6.C15H17N5O2.2C6H7N.C5H10NO2P.C4H6O/c1-21(2,3)20(28)29-13-26-9-7-16-17(11-23-25-19(16)26)15-10-24-27(12-15)18(6-8-22)14-4-5-14;16-5-3-14(10-1-2-10)21-9-11(7-19-21)13-8-18-20-15-12(13)4-6-17-15;1-15(2,3)14(21)22-9-20-5-4-11-12(8-18-19-13(11)20)10-6-16-17-7-10;2*7-5-1-2-6-3-4-6;1-3-8-9(2,7)5-4-6;5-3-4-1-2-4/h7,9-12,14,18H,4-6,13H2,1-3H3;4,6-10,14H,1-3H2,(H,17,20);4-8H,9H2,1-3H3,(H,16,17);2*1-2,6H,3-4H2;3,5H2,1-2H3;3-4H,1-2H2/b;;;2*2-1+;;. The molecular weight excluding hydrogens is 1290 g/mol. The molecule has 9 heterocycles. The second-order valence-electron chi connectivity index (χ2n) is 27.0. The number of nitrogens with zero attached hydrogens (tertiary/aromatic N) is 18. The molecule has 0 radical (unpaired) electrons. The van der Waals surface area contributed by atoms with Gasteiger partial charge in [0.15, 0.2) is 30.4 Å². The minimum atomic E-state index is -2.55. The van der Waals surface area contributed by atoms with E-state index in [1.807, 2.05) is 131 Å². The Bertz CT molecular complexity index is 4480. The largest absolute Gasteiger partial charge is 0.443 e. The van der Waals surface area contributed by atoms with Gasteiger partial charge in [-0.15, -0.1) is 15.3 Å². The first-order valence-corrected chi connectivity index (χ1v) is 35.6. The van der Waals surface area contributed by atoms with Crippen LogP contribution in [-0.4, -0.2) is 112 Å². The highest BCUT2D eigenvalue weighted by Gasteiger charge is 2.34. The third-order valence-corrected chi connectivity index (χ3v) is 17.9. The number of rotatable bonds is 19. The third-order valence-electron chi connectivity index (χ3n) is 16.3. The van der Waals surface area contributed by atoms with Crippen LogP contribution < -0.4 is 0 Å². The fourth-order valence-electron chi connectivity index (χ4n) is 9.89.